The maximum atomic E-state index is 11.8. The summed E-state index contributed by atoms with van der Waals surface area (Å²) in [4.78, 5) is 35.9. The summed E-state index contributed by atoms with van der Waals surface area (Å²) in [6, 6.07) is -0.873. The van der Waals surface area contributed by atoms with E-state index >= 15 is 0 Å². The van der Waals surface area contributed by atoms with Gasteiger partial charge in [-0.05, 0) is 26.7 Å². The average Bonchev–Trinajstić information content (AvgIpc) is 2.34. The molecule has 1 atom stereocenters. The highest BCUT2D eigenvalue weighted by molar-refractivity contribution is 5.79. The van der Waals surface area contributed by atoms with Gasteiger partial charge < -0.3 is 19.7 Å². The van der Waals surface area contributed by atoms with Crippen molar-refractivity contribution in [3.8, 4) is 0 Å². The van der Waals surface area contributed by atoms with Crippen LogP contribution in [0.5, 0.6) is 0 Å². The second kappa shape index (κ2) is 8.49. The number of alkyl carbamates (subject to hydrolysis) is 1. The summed E-state index contributed by atoms with van der Waals surface area (Å²) >= 11 is 0. The molecule has 0 heterocycles. The minimum absolute atomic E-state index is 0.0625. The number of nitrogens with one attached hydrogen (secondary N) is 1. The molecular formula is C14H26N2O5. The van der Waals surface area contributed by atoms with E-state index in [2.05, 4.69) is 10.1 Å². The Bertz CT molecular complexity index is 363. The van der Waals surface area contributed by atoms with E-state index in [4.69, 9.17) is 4.74 Å². The molecule has 1 unspecified atom stereocenters. The van der Waals surface area contributed by atoms with Crippen LogP contribution in [0.15, 0.2) is 0 Å². The predicted molar refractivity (Wildman–Crippen MR) is 77.6 cm³/mol. The fourth-order valence-corrected chi connectivity index (χ4v) is 1.63. The molecule has 0 fully saturated rings. The molecule has 0 aliphatic rings. The lowest BCUT2D eigenvalue weighted by Gasteiger charge is -2.28. The fraction of sp³-hybridized carbons (Fsp3) is 0.786. The van der Waals surface area contributed by atoms with Crippen LogP contribution in [0.1, 0.15) is 34.6 Å². The van der Waals surface area contributed by atoms with Crippen molar-refractivity contribution in [1.82, 2.24) is 10.2 Å². The number of esters is 1. The first-order valence-electron chi connectivity index (χ1n) is 6.86. The van der Waals surface area contributed by atoms with E-state index in [0.717, 1.165) is 0 Å². The minimum atomic E-state index is -0.873. The van der Waals surface area contributed by atoms with Gasteiger partial charge in [0.15, 0.2) is 0 Å². The van der Waals surface area contributed by atoms with Gasteiger partial charge >= 0.3 is 12.1 Å². The van der Waals surface area contributed by atoms with Crippen LogP contribution in [0.3, 0.4) is 0 Å². The van der Waals surface area contributed by atoms with Crippen molar-refractivity contribution >= 4 is 18.5 Å². The van der Waals surface area contributed by atoms with Gasteiger partial charge in [0.05, 0.1) is 13.7 Å². The van der Waals surface area contributed by atoms with Crippen molar-refractivity contribution in [2.75, 3.05) is 20.2 Å². The number of hydrogen-bond acceptors (Lipinski definition) is 5. The number of rotatable bonds is 7. The van der Waals surface area contributed by atoms with Crippen LogP contribution in [0.4, 0.5) is 4.79 Å². The minimum Gasteiger partial charge on any atom is -0.467 e. The van der Waals surface area contributed by atoms with Crippen LogP contribution < -0.4 is 5.32 Å². The standard InChI is InChI=1S/C14H26N2O5/c1-10(2)8-16(9-17)11(12(18)20-6)7-15-13(19)21-14(3,4)5/h9-11H,7-8H2,1-6H3,(H,15,19). The number of ether oxygens (including phenoxy) is 2. The van der Waals surface area contributed by atoms with Crippen LogP contribution in [0, 0.1) is 5.92 Å². The van der Waals surface area contributed by atoms with Crippen molar-refractivity contribution in [1.29, 1.82) is 0 Å². The number of carbonyl (C=O) groups is 3. The Balaban J connectivity index is 4.74. The molecule has 0 aromatic carbocycles. The van der Waals surface area contributed by atoms with E-state index in [-0.39, 0.29) is 12.5 Å². The topological polar surface area (TPSA) is 84.9 Å². The van der Waals surface area contributed by atoms with Gasteiger partial charge in [0.25, 0.3) is 0 Å². The molecule has 7 heteroatoms. The summed E-state index contributed by atoms with van der Waals surface area (Å²) in [7, 11) is 1.24. The summed E-state index contributed by atoms with van der Waals surface area (Å²) < 4.78 is 9.77. The van der Waals surface area contributed by atoms with Gasteiger partial charge in [-0.1, -0.05) is 13.8 Å². The highest BCUT2D eigenvalue weighted by Crippen LogP contribution is 2.07. The van der Waals surface area contributed by atoms with E-state index in [1.54, 1.807) is 20.8 Å². The Kier molecular flexibility index (Phi) is 7.76. The first kappa shape index (κ1) is 19.2. The molecule has 0 bridgehead atoms. The Labute approximate surface area is 126 Å². The number of methoxy groups -OCH3 is 1. The van der Waals surface area contributed by atoms with E-state index in [0.29, 0.717) is 13.0 Å². The second-order valence-corrected chi connectivity index (χ2v) is 6.12. The van der Waals surface area contributed by atoms with Crippen LogP contribution in [-0.2, 0) is 19.1 Å². The molecule has 0 aliphatic heterocycles. The van der Waals surface area contributed by atoms with E-state index < -0.39 is 23.7 Å². The Morgan fingerprint density at radius 2 is 1.86 bits per heavy atom. The first-order chi connectivity index (χ1) is 9.60. The third kappa shape index (κ3) is 8.16. The maximum Gasteiger partial charge on any atom is 0.407 e. The molecule has 7 nitrogen and oxygen atoms in total. The van der Waals surface area contributed by atoms with Crippen LogP contribution in [0.2, 0.25) is 0 Å². The van der Waals surface area contributed by atoms with Crippen molar-refractivity contribution in [2.24, 2.45) is 5.92 Å². The van der Waals surface area contributed by atoms with Gasteiger partial charge in [-0.3, -0.25) is 4.79 Å². The Morgan fingerprint density at radius 1 is 1.29 bits per heavy atom. The quantitative estimate of drug-likeness (QED) is 0.563. The third-order valence-corrected chi connectivity index (χ3v) is 2.42. The summed E-state index contributed by atoms with van der Waals surface area (Å²) in [5.41, 5.74) is -0.632. The Hall–Kier alpha value is -1.79. The number of hydrogen-bond donors (Lipinski definition) is 1. The maximum absolute atomic E-state index is 11.8. The van der Waals surface area contributed by atoms with Crippen molar-refractivity contribution in [3.63, 3.8) is 0 Å². The van der Waals surface area contributed by atoms with E-state index in [1.807, 2.05) is 13.8 Å². The fourth-order valence-electron chi connectivity index (χ4n) is 1.63. The molecule has 0 rings (SSSR count). The lowest BCUT2D eigenvalue weighted by molar-refractivity contribution is -0.149. The molecule has 0 aromatic rings. The zero-order valence-electron chi connectivity index (χ0n) is 13.6. The molecule has 21 heavy (non-hydrogen) atoms. The molecule has 2 amide bonds. The molecular weight excluding hydrogens is 276 g/mol. The summed E-state index contributed by atoms with van der Waals surface area (Å²) in [6.07, 6.45) is -0.0648. The monoisotopic (exact) mass is 302 g/mol. The van der Waals surface area contributed by atoms with Crippen LogP contribution in [0.25, 0.3) is 0 Å². The van der Waals surface area contributed by atoms with Crippen molar-refractivity contribution in [2.45, 2.75) is 46.3 Å². The van der Waals surface area contributed by atoms with Gasteiger partial charge in [-0.2, -0.15) is 0 Å². The predicted octanol–water partition coefficient (Wildman–Crippen LogP) is 1.17. The molecule has 0 spiro atoms. The Morgan fingerprint density at radius 3 is 2.24 bits per heavy atom. The van der Waals surface area contributed by atoms with Gasteiger partial charge in [0.2, 0.25) is 6.41 Å². The number of amides is 2. The number of carbonyl (C=O) groups excluding carboxylic acids is 3. The van der Waals surface area contributed by atoms with Gasteiger partial charge in [0, 0.05) is 6.54 Å². The zero-order chi connectivity index (χ0) is 16.6. The second-order valence-electron chi connectivity index (χ2n) is 6.12. The lowest BCUT2D eigenvalue weighted by Crippen LogP contribution is -2.50. The summed E-state index contributed by atoms with van der Waals surface area (Å²) in [5, 5.41) is 2.48. The van der Waals surface area contributed by atoms with E-state index in [9.17, 15) is 14.4 Å². The van der Waals surface area contributed by atoms with Gasteiger partial charge in [-0.25, -0.2) is 9.59 Å². The summed E-state index contributed by atoms with van der Waals surface area (Å²) in [6.45, 7) is 9.38. The SMILES string of the molecule is COC(=O)C(CNC(=O)OC(C)(C)C)N(C=O)CC(C)C. The van der Waals surface area contributed by atoms with Gasteiger partial charge in [-0.15, -0.1) is 0 Å². The molecule has 0 saturated heterocycles. The van der Waals surface area contributed by atoms with Gasteiger partial charge in [0.1, 0.15) is 11.6 Å². The van der Waals surface area contributed by atoms with Crippen molar-refractivity contribution in [3.05, 3.63) is 0 Å². The average molecular weight is 302 g/mol. The molecule has 122 valence electrons. The molecule has 0 aromatic heterocycles. The van der Waals surface area contributed by atoms with E-state index in [1.165, 1.54) is 12.0 Å². The van der Waals surface area contributed by atoms with Crippen molar-refractivity contribution < 1.29 is 23.9 Å². The smallest absolute Gasteiger partial charge is 0.407 e. The number of nitrogens with zero attached hydrogens (tertiary/aromatic N) is 1. The molecule has 0 saturated carbocycles. The zero-order valence-corrected chi connectivity index (χ0v) is 13.6. The normalized spacial score (nSPS) is 12.5. The van der Waals surface area contributed by atoms with Crippen LogP contribution >= 0.6 is 0 Å². The highest BCUT2D eigenvalue weighted by atomic mass is 16.6. The third-order valence-electron chi connectivity index (χ3n) is 2.42. The molecule has 1 N–H and O–H groups in total. The van der Waals surface area contributed by atoms with Crippen LogP contribution in [-0.4, -0.2) is 55.2 Å². The molecule has 0 aliphatic carbocycles. The highest BCUT2D eigenvalue weighted by Gasteiger charge is 2.27. The largest absolute Gasteiger partial charge is 0.467 e. The summed E-state index contributed by atoms with van der Waals surface area (Å²) in [5.74, 6) is -0.400. The molecule has 0 radical (unpaired) electrons. The first-order valence-corrected chi connectivity index (χ1v) is 6.86. The lowest BCUT2D eigenvalue weighted by atomic mass is 10.1.